The summed E-state index contributed by atoms with van der Waals surface area (Å²) in [6.07, 6.45) is 0.866. The average Bonchev–Trinajstić information content (AvgIpc) is 2.60. The van der Waals surface area contributed by atoms with Crippen LogP contribution in [0.1, 0.15) is 31.4 Å². The van der Waals surface area contributed by atoms with Gasteiger partial charge in [-0.3, -0.25) is 4.79 Å². The minimum absolute atomic E-state index is 0. The molecule has 2 unspecified atom stereocenters. The molecule has 0 fully saturated rings. The molecular weight excluding hydrogens is 359 g/mol. The Morgan fingerprint density at radius 2 is 1.80 bits per heavy atom. The maximum absolute atomic E-state index is 12.1. The van der Waals surface area contributed by atoms with Crippen LogP contribution in [0.2, 0.25) is 5.02 Å². The SMILES string of the molecule is CCC(CNC(=O)CC(N)c1ccccc1)Oc1ccccc1Cl.Cl. The Hall–Kier alpha value is -1.75. The highest BCUT2D eigenvalue weighted by Gasteiger charge is 2.15. The molecule has 2 atom stereocenters. The van der Waals surface area contributed by atoms with E-state index in [1.807, 2.05) is 55.5 Å². The Labute approximate surface area is 160 Å². The lowest BCUT2D eigenvalue weighted by atomic mass is 10.0. The van der Waals surface area contributed by atoms with E-state index in [0.29, 0.717) is 17.3 Å². The molecule has 0 bridgehead atoms. The number of para-hydroxylation sites is 1. The van der Waals surface area contributed by atoms with E-state index in [-0.39, 0.29) is 36.9 Å². The van der Waals surface area contributed by atoms with Gasteiger partial charge in [0.15, 0.2) is 0 Å². The normalized spacial score (nSPS) is 12.6. The second kappa shape index (κ2) is 11.0. The van der Waals surface area contributed by atoms with Crippen LogP contribution in [-0.2, 0) is 4.79 Å². The Morgan fingerprint density at radius 1 is 1.16 bits per heavy atom. The Balaban J connectivity index is 0.00000312. The summed E-state index contributed by atoms with van der Waals surface area (Å²) in [6.45, 7) is 2.42. The average molecular weight is 383 g/mol. The zero-order valence-corrected chi connectivity index (χ0v) is 15.7. The maximum Gasteiger partial charge on any atom is 0.222 e. The van der Waals surface area contributed by atoms with Gasteiger partial charge in [-0.05, 0) is 24.1 Å². The lowest BCUT2D eigenvalue weighted by Gasteiger charge is -2.19. The fraction of sp³-hybridized carbons (Fsp3) is 0.316. The quantitative estimate of drug-likeness (QED) is 0.721. The lowest BCUT2D eigenvalue weighted by Crippen LogP contribution is -2.36. The van der Waals surface area contributed by atoms with Crippen molar-refractivity contribution in [3.05, 3.63) is 65.2 Å². The Kier molecular flexibility index (Phi) is 9.35. The van der Waals surface area contributed by atoms with E-state index in [1.165, 1.54) is 0 Å². The van der Waals surface area contributed by atoms with Crippen LogP contribution in [-0.4, -0.2) is 18.6 Å². The van der Waals surface area contributed by atoms with E-state index in [0.717, 1.165) is 12.0 Å². The van der Waals surface area contributed by atoms with E-state index >= 15 is 0 Å². The molecule has 25 heavy (non-hydrogen) atoms. The van der Waals surface area contributed by atoms with Gasteiger partial charge < -0.3 is 15.8 Å². The van der Waals surface area contributed by atoms with Crippen molar-refractivity contribution in [3.8, 4) is 5.75 Å². The van der Waals surface area contributed by atoms with E-state index in [2.05, 4.69) is 5.32 Å². The number of benzene rings is 2. The van der Waals surface area contributed by atoms with Gasteiger partial charge in [0, 0.05) is 12.5 Å². The van der Waals surface area contributed by atoms with E-state index in [1.54, 1.807) is 6.07 Å². The largest absolute Gasteiger partial charge is 0.487 e. The molecule has 0 aliphatic rings. The van der Waals surface area contributed by atoms with Crippen molar-refractivity contribution in [3.63, 3.8) is 0 Å². The zero-order chi connectivity index (χ0) is 17.4. The molecule has 4 nitrogen and oxygen atoms in total. The van der Waals surface area contributed by atoms with Gasteiger partial charge in [-0.2, -0.15) is 0 Å². The molecule has 3 N–H and O–H groups in total. The first-order chi connectivity index (χ1) is 11.6. The van der Waals surface area contributed by atoms with Crippen LogP contribution in [0.25, 0.3) is 0 Å². The molecule has 2 rings (SSSR count). The smallest absolute Gasteiger partial charge is 0.222 e. The van der Waals surface area contributed by atoms with Gasteiger partial charge in [-0.25, -0.2) is 0 Å². The minimum Gasteiger partial charge on any atom is -0.487 e. The molecule has 0 saturated carbocycles. The van der Waals surface area contributed by atoms with Crippen molar-refractivity contribution >= 4 is 29.9 Å². The molecule has 0 aliphatic carbocycles. The third-order valence-electron chi connectivity index (χ3n) is 3.75. The number of amides is 1. The summed E-state index contributed by atoms with van der Waals surface area (Å²) in [5, 5.41) is 3.45. The van der Waals surface area contributed by atoms with Gasteiger partial charge >= 0.3 is 0 Å². The van der Waals surface area contributed by atoms with E-state index in [9.17, 15) is 4.79 Å². The summed E-state index contributed by atoms with van der Waals surface area (Å²) in [5.41, 5.74) is 7.02. The van der Waals surface area contributed by atoms with Crippen molar-refractivity contribution in [2.75, 3.05) is 6.54 Å². The highest BCUT2D eigenvalue weighted by Crippen LogP contribution is 2.24. The molecular formula is C19H24Cl2N2O2. The van der Waals surface area contributed by atoms with E-state index in [4.69, 9.17) is 22.1 Å². The molecule has 136 valence electrons. The molecule has 0 heterocycles. The molecule has 6 heteroatoms. The topological polar surface area (TPSA) is 64.4 Å². The van der Waals surface area contributed by atoms with Crippen molar-refractivity contribution in [2.24, 2.45) is 5.73 Å². The second-order valence-electron chi connectivity index (χ2n) is 5.60. The van der Waals surface area contributed by atoms with Crippen LogP contribution >= 0.6 is 24.0 Å². The summed E-state index contributed by atoms with van der Waals surface area (Å²) < 4.78 is 5.86. The molecule has 0 aliphatic heterocycles. The van der Waals surface area contributed by atoms with Crippen molar-refractivity contribution < 1.29 is 9.53 Å². The van der Waals surface area contributed by atoms with Crippen molar-refractivity contribution in [1.29, 1.82) is 0 Å². The van der Waals surface area contributed by atoms with Gasteiger partial charge in [-0.15, -0.1) is 12.4 Å². The molecule has 0 saturated heterocycles. The fourth-order valence-corrected chi connectivity index (χ4v) is 2.49. The molecule has 0 radical (unpaired) electrons. The monoisotopic (exact) mass is 382 g/mol. The predicted molar refractivity (Wildman–Crippen MR) is 104 cm³/mol. The van der Waals surface area contributed by atoms with Crippen LogP contribution in [0.5, 0.6) is 5.75 Å². The first-order valence-corrected chi connectivity index (χ1v) is 8.46. The maximum atomic E-state index is 12.1. The van der Waals surface area contributed by atoms with Gasteiger partial charge in [0.25, 0.3) is 0 Å². The van der Waals surface area contributed by atoms with Crippen molar-refractivity contribution in [2.45, 2.75) is 31.9 Å². The summed E-state index contributed by atoms with van der Waals surface area (Å²) in [7, 11) is 0. The predicted octanol–water partition coefficient (Wildman–Crippen LogP) is 4.13. The van der Waals surface area contributed by atoms with Crippen LogP contribution in [0.4, 0.5) is 0 Å². The number of ether oxygens (including phenoxy) is 1. The highest BCUT2D eigenvalue weighted by molar-refractivity contribution is 6.32. The number of carbonyl (C=O) groups excluding carboxylic acids is 1. The number of hydrogen-bond donors (Lipinski definition) is 2. The standard InChI is InChI=1S/C19H23ClN2O2.ClH/c1-2-15(24-18-11-7-6-10-16(18)20)13-22-19(23)12-17(21)14-8-4-3-5-9-14;/h3-11,15,17H,2,12-13,21H2,1H3,(H,22,23);1H. The summed E-state index contributed by atoms with van der Waals surface area (Å²) >= 11 is 6.10. The van der Waals surface area contributed by atoms with E-state index < -0.39 is 0 Å². The van der Waals surface area contributed by atoms with Crippen molar-refractivity contribution in [1.82, 2.24) is 5.32 Å². The number of carbonyl (C=O) groups is 1. The Morgan fingerprint density at radius 3 is 2.44 bits per heavy atom. The second-order valence-corrected chi connectivity index (χ2v) is 6.01. The number of nitrogens with two attached hydrogens (primary N) is 1. The molecule has 1 amide bonds. The summed E-state index contributed by atoms with van der Waals surface area (Å²) in [6, 6.07) is 16.6. The zero-order valence-electron chi connectivity index (χ0n) is 14.2. The number of rotatable bonds is 8. The molecule has 2 aromatic rings. The number of hydrogen-bond acceptors (Lipinski definition) is 3. The van der Waals surface area contributed by atoms with Gasteiger partial charge in [0.05, 0.1) is 11.6 Å². The van der Waals surface area contributed by atoms with Crippen LogP contribution in [0, 0.1) is 0 Å². The summed E-state index contributed by atoms with van der Waals surface area (Å²) in [5.74, 6) is 0.536. The Bertz CT molecular complexity index is 653. The third kappa shape index (κ3) is 6.94. The van der Waals surface area contributed by atoms with Crippen LogP contribution in [0.3, 0.4) is 0 Å². The first-order valence-electron chi connectivity index (χ1n) is 8.08. The summed E-state index contributed by atoms with van der Waals surface area (Å²) in [4.78, 5) is 12.1. The first kappa shape index (κ1) is 21.3. The van der Waals surface area contributed by atoms with Gasteiger partial charge in [0.1, 0.15) is 11.9 Å². The molecule has 0 aromatic heterocycles. The molecule has 2 aromatic carbocycles. The molecule has 0 spiro atoms. The number of nitrogens with one attached hydrogen (secondary N) is 1. The van der Waals surface area contributed by atoms with Crippen LogP contribution < -0.4 is 15.8 Å². The third-order valence-corrected chi connectivity index (χ3v) is 4.06. The fourth-order valence-electron chi connectivity index (χ4n) is 2.31. The lowest BCUT2D eigenvalue weighted by molar-refractivity contribution is -0.121. The number of halogens is 2. The van der Waals surface area contributed by atoms with Crippen LogP contribution in [0.15, 0.2) is 54.6 Å². The highest BCUT2D eigenvalue weighted by atomic mass is 35.5. The van der Waals surface area contributed by atoms with Gasteiger partial charge in [0.2, 0.25) is 5.91 Å². The van der Waals surface area contributed by atoms with Gasteiger partial charge in [-0.1, -0.05) is 61.0 Å². The minimum atomic E-state index is -0.309.